The topological polar surface area (TPSA) is 118 Å². The zero-order valence-corrected chi connectivity index (χ0v) is 7.94. The maximum Gasteiger partial charge on any atom is 0.332 e. The Hall–Kier alpha value is -0.400. The van der Waals surface area contributed by atoms with Gasteiger partial charge in [-0.2, -0.15) is 0 Å². The fraction of sp³-hybridized carbons (Fsp3) is 0.833. The number of halogens is 1. The maximum atomic E-state index is 9.45. The molecule has 0 bridgehead atoms. The first-order valence-electron chi connectivity index (χ1n) is 3.26. The van der Waals surface area contributed by atoms with Crippen LogP contribution in [0, 0.1) is 0 Å². The Morgan fingerprint density at radius 2 is 1.46 bits per heavy atom. The van der Waals surface area contributed by atoms with Crippen LogP contribution in [0.25, 0.3) is 0 Å². The molecule has 0 saturated heterocycles. The van der Waals surface area contributed by atoms with Crippen LogP contribution in [-0.4, -0.2) is 56.9 Å². The molecular formula is C6H15ClO6. The van der Waals surface area contributed by atoms with Crippen molar-refractivity contribution in [1.29, 1.82) is 0 Å². The Balaban J connectivity index is -0.000000143. The summed E-state index contributed by atoms with van der Waals surface area (Å²) in [6.07, 6.45) is -2.19. The van der Waals surface area contributed by atoms with Crippen LogP contribution in [0.4, 0.5) is 0 Å². The first kappa shape index (κ1) is 18.4. The second-order valence-corrected chi connectivity index (χ2v) is 2.03. The Kier molecular flexibility index (Phi) is 16.4. The third-order valence-electron chi connectivity index (χ3n) is 0.779. The molecule has 0 heterocycles. The lowest BCUT2D eigenvalue weighted by Crippen LogP contribution is -2.15. The second-order valence-electron chi connectivity index (χ2n) is 2.03. The molecule has 0 aliphatic heterocycles. The van der Waals surface area contributed by atoms with Crippen molar-refractivity contribution in [2.24, 2.45) is 0 Å². The van der Waals surface area contributed by atoms with Crippen LogP contribution in [0.3, 0.4) is 0 Å². The largest absolute Gasteiger partial charge is 0.479 e. The molecule has 0 aromatic heterocycles. The normalized spacial score (nSPS) is 10.9. The molecule has 0 amide bonds. The van der Waals surface area contributed by atoms with Gasteiger partial charge in [-0.15, -0.1) is 12.4 Å². The van der Waals surface area contributed by atoms with Gasteiger partial charge in [0.2, 0.25) is 0 Å². The third kappa shape index (κ3) is 18.5. The fourth-order valence-electron chi connectivity index (χ4n) is 0.0577. The number of hydrogen-bond acceptors (Lipinski definition) is 5. The highest BCUT2D eigenvalue weighted by molar-refractivity contribution is 5.85. The number of aliphatic hydroxyl groups is 4. The minimum absolute atomic E-state index is 0. The van der Waals surface area contributed by atoms with Gasteiger partial charge < -0.3 is 25.5 Å². The lowest BCUT2D eigenvalue weighted by atomic mass is 10.4. The van der Waals surface area contributed by atoms with Crippen LogP contribution in [0.15, 0.2) is 0 Å². The number of carboxylic acid groups (broad SMARTS) is 1. The standard InChI is InChI=1S/C3H8O3.C3H6O3.ClH/c4-1-3(6)2-5;1-2(4)3(5)6;/h3-6H,1-2H2;2,4H,1H3,(H,5,6);1H. The molecule has 0 spiro atoms. The summed E-state index contributed by atoms with van der Waals surface area (Å²) in [7, 11) is 0. The van der Waals surface area contributed by atoms with E-state index in [1.807, 2.05) is 0 Å². The zero-order valence-electron chi connectivity index (χ0n) is 7.12. The van der Waals surface area contributed by atoms with Crippen molar-refractivity contribution >= 4 is 18.4 Å². The van der Waals surface area contributed by atoms with Crippen LogP contribution in [0.5, 0.6) is 0 Å². The van der Waals surface area contributed by atoms with Gasteiger partial charge >= 0.3 is 5.97 Å². The monoisotopic (exact) mass is 218 g/mol. The van der Waals surface area contributed by atoms with Crippen molar-refractivity contribution in [3.05, 3.63) is 0 Å². The van der Waals surface area contributed by atoms with Gasteiger partial charge in [-0.05, 0) is 6.92 Å². The molecule has 0 radical (unpaired) electrons. The fourth-order valence-corrected chi connectivity index (χ4v) is 0.0577. The van der Waals surface area contributed by atoms with Crippen LogP contribution in [0.2, 0.25) is 0 Å². The van der Waals surface area contributed by atoms with Gasteiger partial charge in [0, 0.05) is 0 Å². The summed E-state index contributed by atoms with van der Waals surface area (Å²) in [6.45, 7) is 0.468. The van der Waals surface area contributed by atoms with Crippen LogP contribution >= 0.6 is 12.4 Å². The number of hydrogen-bond donors (Lipinski definition) is 5. The molecule has 13 heavy (non-hydrogen) atoms. The van der Waals surface area contributed by atoms with Gasteiger partial charge in [0.15, 0.2) is 0 Å². The van der Waals surface area contributed by atoms with E-state index < -0.39 is 18.2 Å². The molecule has 0 fully saturated rings. The van der Waals surface area contributed by atoms with Gasteiger partial charge in [0.25, 0.3) is 0 Å². The summed E-state index contributed by atoms with van der Waals surface area (Å²) < 4.78 is 0. The number of aliphatic carboxylic acids is 1. The summed E-state index contributed by atoms with van der Waals surface area (Å²) in [5.74, 6) is -1.19. The Bertz CT molecular complexity index is 114. The average Bonchev–Trinajstić information content (AvgIpc) is 2.04. The van der Waals surface area contributed by atoms with E-state index in [2.05, 4.69) is 0 Å². The van der Waals surface area contributed by atoms with Gasteiger partial charge in [-0.25, -0.2) is 4.79 Å². The Morgan fingerprint density at radius 3 is 1.46 bits per heavy atom. The molecule has 0 aliphatic rings. The lowest BCUT2D eigenvalue weighted by Gasteiger charge is -1.96. The van der Waals surface area contributed by atoms with Crippen molar-refractivity contribution in [3.8, 4) is 0 Å². The quantitative estimate of drug-likeness (QED) is 0.382. The molecule has 7 heteroatoms. The van der Waals surface area contributed by atoms with E-state index in [9.17, 15) is 4.79 Å². The van der Waals surface area contributed by atoms with Gasteiger partial charge in [0.1, 0.15) is 12.2 Å². The minimum atomic E-state index is -1.23. The summed E-state index contributed by atoms with van der Waals surface area (Å²) in [5, 5.41) is 39.8. The number of aliphatic hydroxyl groups excluding tert-OH is 4. The molecule has 1 unspecified atom stereocenters. The van der Waals surface area contributed by atoms with Crippen molar-refractivity contribution in [2.75, 3.05) is 13.2 Å². The summed E-state index contributed by atoms with van der Waals surface area (Å²) in [4.78, 5) is 9.45. The first-order chi connectivity index (χ1) is 5.45. The molecule has 5 N–H and O–H groups in total. The van der Waals surface area contributed by atoms with Crippen molar-refractivity contribution in [1.82, 2.24) is 0 Å². The summed E-state index contributed by atoms with van der Waals surface area (Å²) in [6, 6.07) is 0. The van der Waals surface area contributed by atoms with Crippen molar-refractivity contribution < 1.29 is 30.3 Å². The average molecular weight is 219 g/mol. The molecule has 0 saturated carbocycles. The maximum absolute atomic E-state index is 9.45. The SMILES string of the molecule is CC(O)C(=O)O.Cl.OCC(O)CO. The van der Waals surface area contributed by atoms with Gasteiger partial charge in [-0.1, -0.05) is 0 Å². The van der Waals surface area contributed by atoms with E-state index in [1.165, 1.54) is 6.92 Å². The molecule has 0 rings (SSSR count). The van der Waals surface area contributed by atoms with E-state index in [0.29, 0.717) is 0 Å². The van der Waals surface area contributed by atoms with Crippen molar-refractivity contribution in [3.63, 3.8) is 0 Å². The smallest absolute Gasteiger partial charge is 0.332 e. The third-order valence-corrected chi connectivity index (χ3v) is 0.779. The highest BCUT2D eigenvalue weighted by Crippen LogP contribution is 1.73. The molecule has 1 atom stereocenters. The zero-order chi connectivity index (χ0) is 10.1. The first-order valence-corrected chi connectivity index (χ1v) is 3.26. The van der Waals surface area contributed by atoms with Crippen LogP contribution < -0.4 is 0 Å². The number of rotatable bonds is 3. The molecule has 0 aliphatic carbocycles. The molecule has 82 valence electrons. The van der Waals surface area contributed by atoms with E-state index in [1.54, 1.807) is 0 Å². The molecular weight excluding hydrogens is 204 g/mol. The number of carboxylic acids is 1. The molecule has 0 aromatic carbocycles. The van der Waals surface area contributed by atoms with E-state index in [0.717, 1.165) is 0 Å². The lowest BCUT2D eigenvalue weighted by molar-refractivity contribution is -0.145. The predicted octanol–water partition coefficient (Wildman–Crippen LogP) is -1.79. The highest BCUT2D eigenvalue weighted by atomic mass is 35.5. The van der Waals surface area contributed by atoms with E-state index >= 15 is 0 Å². The molecule has 6 nitrogen and oxygen atoms in total. The second kappa shape index (κ2) is 11.6. The van der Waals surface area contributed by atoms with Crippen molar-refractivity contribution in [2.45, 2.75) is 19.1 Å². The molecule has 0 aromatic rings. The van der Waals surface area contributed by atoms with E-state index in [-0.39, 0.29) is 25.6 Å². The van der Waals surface area contributed by atoms with Gasteiger partial charge in [0.05, 0.1) is 13.2 Å². The Labute approximate surface area is 81.9 Å². The van der Waals surface area contributed by atoms with Gasteiger partial charge in [-0.3, -0.25) is 0 Å². The number of carbonyl (C=O) groups is 1. The Morgan fingerprint density at radius 1 is 1.23 bits per heavy atom. The minimum Gasteiger partial charge on any atom is -0.479 e. The van der Waals surface area contributed by atoms with Crippen LogP contribution in [0.1, 0.15) is 6.92 Å². The summed E-state index contributed by atoms with van der Waals surface area (Å²) in [5.41, 5.74) is 0. The summed E-state index contributed by atoms with van der Waals surface area (Å²) >= 11 is 0. The predicted molar refractivity (Wildman–Crippen MR) is 46.7 cm³/mol. The van der Waals surface area contributed by atoms with E-state index in [4.69, 9.17) is 25.5 Å². The van der Waals surface area contributed by atoms with Crippen LogP contribution in [-0.2, 0) is 4.79 Å². The highest BCUT2D eigenvalue weighted by Gasteiger charge is 2.01.